The van der Waals surface area contributed by atoms with Crippen LogP contribution in [-0.4, -0.2) is 20.4 Å². The number of hydrogen-bond donors (Lipinski definition) is 2. The highest BCUT2D eigenvalue weighted by molar-refractivity contribution is 7.15. The van der Waals surface area contributed by atoms with Gasteiger partial charge in [-0.2, -0.15) is 4.98 Å². The van der Waals surface area contributed by atoms with Crippen molar-refractivity contribution < 1.29 is 9.90 Å². The molecule has 21 heavy (non-hydrogen) atoms. The average Bonchev–Trinajstić information content (AvgIpc) is 2.94. The van der Waals surface area contributed by atoms with Crippen molar-refractivity contribution >= 4 is 22.2 Å². The van der Waals surface area contributed by atoms with Gasteiger partial charge in [0.2, 0.25) is 5.88 Å². The summed E-state index contributed by atoms with van der Waals surface area (Å²) >= 11 is 1.21. The lowest BCUT2D eigenvalue weighted by molar-refractivity contribution is 0.0945. The van der Waals surface area contributed by atoms with Crippen molar-refractivity contribution in [3.05, 3.63) is 63.4 Å². The molecule has 6 nitrogen and oxygen atoms in total. The molecule has 1 aromatic carbocycles. The Hall–Kier alpha value is -2.67. The maximum Gasteiger partial charge on any atom is 0.275 e. The van der Waals surface area contributed by atoms with E-state index in [1.807, 2.05) is 30.3 Å². The zero-order valence-corrected chi connectivity index (χ0v) is 11.6. The molecular weight excluding hydrogens is 290 g/mol. The molecule has 0 bridgehead atoms. The smallest absolute Gasteiger partial charge is 0.275 e. The Bertz CT molecular complexity index is 855. The van der Waals surface area contributed by atoms with Crippen LogP contribution in [0.1, 0.15) is 15.9 Å². The molecule has 0 atom stereocenters. The highest BCUT2D eigenvalue weighted by atomic mass is 32.1. The van der Waals surface area contributed by atoms with Crippen molar-refractivity contribution in [2.24, 2.45) is 0 Å². The molecule has 0 aliphatic rings. The third-order valence-electron chi connectivity index (χ3n) is 2.97. The second-order valence-corrected chi connectivity index (χ2v) is 5.21. The number of carbonyl (C=O) groups is 1. The van der Waals surface area contributed by atoms with Gasteiger partial charge in [0.05, 0.1) is 0 Å². The molecule has 0 aliphatic carbocycles. The minimum atomic E-state index is -0.644. The van der Waals surface area contributed by atoms with Gasteiger partial charge >= 0.3 is 0 Å². The van der Waals surface area contributed by atoms with Gasteiger partial charge in [-0.3, -0.25) is 14.0 Å². The van der Waals surface area contributed by atoms with Crippen molar-refractivity contribution in [3.8, 4) is 5.88 Å². The summed E-state index contributed by atoms with van der Waals surface area (Å²) in [6.07, 6.45) is 1.52. The lowest BCUT2D eigenvalue weighted by atomic mass is 10.2. The Morgan fingerprint density at radius 2 is 2.10 bits per heavy atom. The number of nitrogens with zero attached hydrogens (tertiary/aromatic N) is 2. The third-order valence-corrected chi connectivity index (χ3v) is 3.73. The molecule has 0 aliphatic heterocycles. The van der Waals surface area contributed by atoms with Gasteiger partial charge in [0.25, 0.3) is 11.5 Å². The van der Waals surface area contributed by atoms with Crippen LogP contribution in [0, 0.1) is 0 Å². The van der Waals surface area contributed by atoms with Crippen molar-refractivity contribution in [2.75, 3.05) is 0 Å². The van der Waals surface area contributed by atoms with Crippen molar-refractivity contribution in [3.63, 3.8) is 0 Å². The molecule has 1 amide bonds. The van der Waals surface area contributed by atoms with E-state index >= 15 is 0 Å². The number of rotatable bonds is 3. The molecule has 0 unspecified atom stereocenters. The standard InChI is InChI=1S/C14H11N3O3S/c18-11(15-8-9-4-2-1-3-5-9)10-12(19)16-14-17(13(10)20)6-7-21-14/h1-7,19H,8H2,(H,15,18). The summed E-state index contributed by atoms with van der Waals surface area (Å²) in [4.78, 5) is 28.5. The first-order valence-electron chi connectivity index (χ1n) is 6.18. The molecule has 0 spiro atoms. The van der Waals surface area contributed by atoms with E-state index < -0.39 is 17.3 Å². The third kappa shape index (κ3) is 2.50. The normalized spacial score (nSPS) is 10.7. The average molecular weight is 301 g/mol. The molecule has 0 saturated carbocycles. The Balaban J connectivity index is 1.89. The summed E-state index contributed by atoms with van der Waals surface area (Å²) < 4.78 is 1.24. The topological polar surface area (TPSA) is 83.7 Å². The fourth-order valence-corrected chi connectivity index (χ4v) is 2.64. The van der Waals surface area contributed by atoms with Crippen LogP contribution >= 0.6 is 11.3 Å². The maximum absolute atomic E-state index is 12.2. The van der Waals surface area contributed by atoms with Gasteiger partial charge in [0.15, 0.2) is 10.5 Å². The van der Waals surface area contributed by atoms with E-state index in [0.29, 0.717) is 4.96 Å². The molecule has 7 heteroatoms. The summed E-state index contributed by atoms with van der Waals surface area (Å²) in [5.74, 6) is -1.19. The first kappa shape index (κ1) is 13.3. The minimum absolute atomic E-state index is 0.269. The number of aromatic nitrogens is 2. The monoisotopic (exact) mass is 301 g/mol. The molecule has 2 N–H and O–H groups in total. The lowest BCUT2D eigenvalue weighted by Gasteiger charge is -2.06. The van der Waals surface area contributed by atoms with E-state index in [9.17, 15) is 14.7 Å². The van der Waals surface area contributed by atoms with Crippen LogP contribution in [0.2, 0.25) is 0 Å². The molecule has 2 heterocycles. The first-order valence-corrected chi connectivity index (χ1v) is 7.06. The van der Waals surface area contributed by atoms with Gasteiger partial charge in [-0.25, -0.2) is 0 Å². The van der Waals surface area contributed by atoms with E-state index in [1.54, 1.807) is 5.38 Å². The summed E-state index contributed by atoms with van der Waals surface area (Å²) in [5, 5.41) is 14.1. The van der Waals surface area contributed by atoms with E-state index in [-0.39, 0.29) is 12.1 Å². The highest BCUT2D eigenvalue weighted by Gasteiger charge is 2.19. The van der Waals surface area contributed by atoms with E-state index in [0.717, 1.165) is 5.56 Å². The zero-order chi connectivity index (χ0) is 14.8. The van der Waals surface area contributed by atoms with Crippen molar-refractivity contribution in [2.45, 2.75) is 6.54 Å². The van der Waals surface area contributed by atoms with Gasteiger partial charge in [-0.1, -0.05) is 30.3 Å². The van der Waals surface area contributed by atoms with Gasteiger partial charge < -0.3 is 10.4 Å². The zero-order valence-electron chi connectivity index (χ0n) is 10.8. The molecule has 106 valence electrons. The van der Waals surface area contributed by atoms with E-state index in [2.05, 4.69) is 10.3 Å². The van der Waals surface area contributed by atoms with E-state index in [4.69, 9.17) is 0 Å². The Kier molecular flexibility index (Phi) is 3.41. The van der Waals surface area contributed by atoms with Gasteiger partial charge in [0, 0.05) is 18.1 Å². The Morgan fingerprint density at radius 3 is 2.86 bits per heavy atom. The van der Waals surface area contributed by atoms with E-state index in [1.165, 1.54) is 21.9 Å². The molecule has 3 rings (SSSR count). The predicted octanol–water partition coefficient (Wildman–Crippen LogP) is 1.39. The second-order valence-electron chi connectivity index (χ2n) is 4.34. The molecule has 0 radical (unpaired) electrons. The highest BCUT2D eigenvalue weighted by Crippen LogP contribution is 2.14. The number of nitrogens with one attached hydrogen (secondary N) is 1. The molecule has 0 fully saturated rings. The first-order chi connectivity index (χ1) is 10.2. The Morgan fingerprint density at radius 1 is 1.33 bits per heavy atom. The number of hydrogen-bond acceptors (Lipinski definition) is 5. The summed E-state index contributed by atoms with van der Waals surface area (Å²) in [6, 6.07) is 9.29. The summed E-state index contributed by atoms with van der Waals surface area (Å²) in [6.45, 7) is 0.269. The molecule has 3 aromatic rings. The molecular formula is C14H11N3O3S. The van der Waals surface area contributed by atoms with Crippen molar-refractivity contribution in [1.29, 1.82) is 0 Å². The quantitative estimate of drug-likeness (QED) is 0.766. The summed E-state index contributed by atoms with van der Waals surface area (Å²) in [7, 11) is 0. The molecule has 0 saturated heterocycles. The number of aromatic hydroxyl groups is 1. The van der Waals surface area contributed by atoms with Gasteiger partial charge in [-0.15, -0.1) is 11.3 Å². The minimum Gasteiger partial charge on any atom is -0.492 e. The number of thiazole rings is 1. The number of amides is 1. The number of fused-ring (bicyclic) bond motifs is 1. The van der Waals surface area contributed by atoms with Gasteiger partial charge in [-0.05, 0) is 5.56 Å². The van der Waals surface area contributed by atoms with Crippen LogP contribution in [0.25, 0.3) is 4.96 Å². The van der Waals surface area contributed by atoms with Crippen LogP contribution in [-0.2, 0) is 6.54 Å². The fraction of sp³-hybridized carbons (Fsp3) is 0.0714. The number of carbonyl (C=O) groups excluding carboxylic acids is 1. The largest absolute Gasteiger partial charge is 0.492 e. The fourth-order valence-electron chi connectivity index (χ4n) is 1.94. The van der Waals surface area contributed by atoms with Crippen LogP contribution < -0.4 is 10.9 Å². The Labute approximate surface area is 123 Å². The number of benzene rings is 1. The van der Waals surface area contributed by atoms with Crippen LogP contribution in [0.15, 0.2) is 46.7 Å². The summed E-state index contributed by atoms with van der Waals surface area (Å²) in [5.41, 5.74) is -0.0267. The lowest BCUT2D eigenvalue weighted by Crippen LogP contribution is -2.31. The van der Waals surface area contributed by atoms with Crippen LogP contribution in [0.4, 0.5) is 0 Å². The predicted molar refractivity (Wildman–Crippen MR) is 78.6 cm³/mol. The van der Waals surface area contributed by atoms with Gasteiger partial charge in [0.1, 0.15) is 0 Å². The maximum atomic E-state index is 12.2. The van der Waals surface area contributed by atoms with Crippen LogP contribution in [0.3, 0.4) is 0 Å². The second kappa shape index (κ2) is 5.37. The molecule has 2 aromatic heterocycles. The van der Waals surface area contributed by atoms with Crippen molar-refractivity contribution in [1.82, 2.24) is 14.7 Å². The SMILES string of the molecule is O=C(NCc1ccccc1)c1c(O)nc2sccn2c1=O. The van der Waals surface area contributed by atoms with Crippen LogP contribution in [0.5, 0.6) is 5.88 Å².